The highest BCUT2D eigenvalue weighted by molar-refractivity contribution is 5.82. The smallest absolute Gasteiger partial charge is 0.136 e. The molecule has 18 heavy (non-hydrogen) atoms. The van der Waals surface area contributed by atoms with Crippen molar-refractivity contribution in [3.63, 3.8) is 0 Å². The number of carbonyl (C=O) groups is 1. The largest absolute Gasteiger partial charge is 0.299 e. The fraction of sp³-hybridized carbons (Fsp3) is 0.625. The maximum atomic E-state index is 12.2. The number of hydrogen-bond donors (Lipinski definition) is 0. The summed E-state index contributed by atoms with van der Waals surface area (Å²) >= 11 is 0. The van der Waals surface area contributed by atoms with E-state index < -0.39 is 0 Å². The molecule has 1 saturated carbocycles. The van der Waals surface area contributed by atoms with Crippen LogP contribution in [-0.2, 0) is 11.2 Å². The molecule has 1 aromatic rings. The lowest BCUT2D eigenvalue weighted by atomic mass is 9.66. The van der Waals surface area contributed by atoms with Crippen molar-refractivity contribution < 1.29 is 4.79 Å². The number of nitrogens with zero attached hydrogens (tertiary/aromatic N) is 1. The van der Waals surface area contributed by atoms with Gasteiger partial charge in [0.2, 0.25) is 0 Å². The van der Waals surface area contributed by atoms with Crippen LogP contribution in [0.2, 0.25) is 0 Å². The third-order valence-corrected chi connectivity index (χ3v) is 4.24. The van der Waals surface area contributed by atoms with Crippen LogP contribution < -0.4 is 0 Å². The van der Waals surface area contributed by atoms with Gasteiger partial charge in [-0.3, -0.25) is 9.78 Å². The Morgan fingerprint density at radius 1 is 1.28 bits per heavy atom. The molecule has 0 amide bonds. The van der Waals surface area contributed by atoms with Gasteiger partial charge in [0.25, 0.3) is 0 Å². The molecule has 1 fully saturated rings. The molecular formula is C16H23NO. The SMILES string of the molecule is CC1CCC(C(C)(C)Cc2ccncc2)C(=O)C1. The van der Waals surface area contributed by atoms with Crippen LogP contribution in [0.5, 0.6) is 0 Å². The van der Waals surface area contributed by atoms with Crippen LogP contribution in [-0.4, -0.2) is 10.8 Å². The van der Waals surface area contributed by atoms with Gasteiger partial charge < -0.3 is 0 Å². The van der Waals surface area contributed by atoms with E-state index in [0.29, 0.717) is 11.7 Å². The Labute approximate surface area is 110 Å². The predicted molar refractivity (Wildman–Crippen MR) is 73.2 cm³/mol. The number of aromatic nitrogens is 1. The van der Waals surface area contributed by atoms with Crippen molar-refractivity contribution in [2.75, 3.05) is 0 Å². The summed E-state index contributed by atoms with van der Waals surface area (Å²) in [5, 5.41) is 0. The zero-order valence-electron chi connectivity index (χ0n) is 11.6. The zero-order valence-corrected chi connectivity index (χ0v) is 11.6. The summed E-state index contributed by atoms with van der Waals surface area (Å²) in [5.41, 5.74) is 1.33. The molecule has 2 atom stereocenters. The van der Waals surface area contributed by atoms with Crippen LogP contribution in [0.4, 0.5) is 0 Å². The van der Waals surface area contributed by atoms with Gasteiger partial charge in [-0.1, -0.05) is 20.8 Å². The molecule has 0 aliphatic heterocycles. The minimum absolute atomic E-state index is 0.0541. The number of ketones is 1. The van der Waals surface area contributed by atoms with Crippen molar-refractivity contribution in [2.45, 2.75) is 46.5 Å². The van der Waals surface area contributed by atoms with Gasteiger partial charge in [-0.05, 0) is 48.3 Å². The number of rotatable bonds is 3. The van der Waals surface area contributed by atoms with Crippen LogP contribution in [0.25, 0.3) is 0 Å². The first-order chi connectivity index (χ1) is 8.49. The molecule has 0 radical (unpaired) electrons. The summed E-state index contributed by atoms with van der Waals surface area (Å²) in [6.07, 6.45) is 7.63. The summed E-state index contributed by atoms with van der Waals surface area (Å²) in [5.74, 6) is 1.26. The Hall–Kier alpha value is -1.18. The van der Waals surface area contributed by atoms with Crippen LogP contribution in [0.1, 0.15) is 45.6 Å². The van der Waals surface area contributed by atoms with E-state index in [1.807, 2.05) is 12.4 Å². The van der Waals surface area contributed by atoms with E-state index in [1.165, 1.54) is 12.0 Å². The van der Waals surface area contributed by atoms with Gasteiger partial charge in [0, 0.05) is 24.7 Å². The first-order valence-corrected chi connectivity index (χ1v) is 6.90. The van der Waals surface area contributed by atoms with Crippen molar-refractivity contribution >= 4 is 5.78 Å². The quantitative estimate of drug-likeness (QED) is 0.813. The Kier molecular flexibility index (Phi) is 3.84. The van der Waals surface area contributed by atoms with Crippen LogP contribution in [0.3, 0.4) is 0 Å². The van der Waals surface area contributed by atoms with Gasteiger partial charge >= 0.3 is 0 Å². The van der Waals surface area contributed by atoms with Crippen LogP contribution in [0, 0.1) is 17.3 Å². The molecule has 0 bridgehead atoms. The molecule has 2 rings (SSSR count). The van der Waals surface area contributed by atoms with E-state index in [0.717, 1.165) is 19.3 Å². The maximum Gasteiger partial charge on any atom is 0.136 e. The fourth-order valence-corrected chi connectivity index (χ4v) is 3.18. The monoisotopic (exact) mass is 245 g/mol. The molecule has 2 heteroatoms. The van der Waals surface area contributed by atoms with Crippen molar-refractivity contribution in [1.29, 1.82) is 0 Å². The van der Waals surface area contributed by atoms with Gasteiger partial charge in [0.1, 0.15) is 5.78 Å². The number of hydrogen-bond acceptors (Lipinski definition) is 2. The fourth-order valence-electron chi connectivity index (χ4n) is 3.18. The van der Waals surface area contributed by atoms with Crippen molar-refractivity contribution in [3.05, 3.63) is 30.1 Å². The second-order valence-corrected chi connectivity index (χ2v) is 6.43. The Bertz CT molecular complexity index is 410. The van der Waals surface area contributed by atoms with Crippen LogP contribution in [0.15, 0.2) is 24.5 Å². The lowest BCUT2D eigenvalue weighted by molar-refractivity contribution is -0.129. The van der Waals surface area contributed by atoms with E-state index in [-0.39, 0.29) is 11.3 Å². The Morgan fingerprint density at radius 3 is 2.56 bits per heavy atom. The minimum Gasteiger partial charge on any atom is -0.299 e. The van der Waals surface area contributed by atoms with E-state index in [9.17, 15) is 4.79 Å². The molecule has 98 valence electrons. The first kappa shape index (κ1) is 13.3. The van der Waals surface area contributed by atoms with E-state index >= 15 is 0 Å². The minimum atomic E-state index is 0.0541. The molecular weight excluding hydrogens is 222 g/mol. The number of pyridine rings is 1. The number of carbonyl (C=O) groups excluding carboxylic acids is 1. The van der Waals surface area contributed by atoms with Gasteiger partial charge in [-0.25, -0.2) is 0 Å². The summed E-state index contributed by atoms with van der Waals surface area (Å²) in [7, 11) is 0. The van der Waals surface area contributed by atoms with Crippen molar-refractivity contribution in [1.82, 2.24) is 4.98 Å². The second kappa shape index (κ2) is 5.21. The highest BCUT2D eigenvalue weighted by Crippen LogP contribution is 2.40. The van der Waals surface area contributed by atoms with Gasteiger partial charge in [0.15, 0.2) is 0 Å². The summed E-state index contributed by atoms with van der Waals surface area (Å²) < 4.78 is 0. The van der Waals surface area contributed by atoms with Crippen molar-refractivity contribution in [2.24, 2.45) is 17.3 Å². The molecule has 2 nitrogen and oxygen atoms in total. The molecule has 0 aromatic carbocycles. The second-order valence-electron chi connectivity index (χ2n) is 6.43. The van der Waals surface area contributed by atoms with E-state index in [1.54, 1.807) is 0 Å². The van der Waals surface area contributed by atoms with Gasteiger partial charge in [0.05, 0.1) is 0 Å². The molecule has 0 N–H and O–H groups in total. The highest BCUT2D eigenvalue weighted by Gasteiger charge is 2.37. The van der Waals surface area contributed by atoms with Crippen molar-refractivity contribution in [3.8, 4) is 0 Å². The van der Waals surface area contributed by atoms with Gasteiger partial charge in [-0.2, -0.15) is 0 Å². The third kappa shape index (κ3) is 2.98. The molecule has 1 aromatic heterocycles. The Morgan fingerprint density at radius 2 is 1.94 bits per heavy atom. The average molecular weight is 245 g/mol. The first-order valence-electron chi connectivity index (χ1n) is 6.90. The van der Waals surface area contributed by atoms with Crippen LogP contribution >= 0.6 is 0 Å². The molecule has 1 heterocycles. The standard InChI is InChI=1S/C16H23NO/c1-12-4-5-14(15(18)10-12)16(2,3)11-13-6-8-17-9-7-13/h6-9,12,14H,4-5,10-11H2,1-3H3. The Balaban J connectivity index is 2.08. The maximum absolute atomic E-state index is 12.2. The molecule has 0 spiro atoms. The molecule has 2 unspecified atom stereocenters. The zero-order chi connectivity index (χ0) is 13.2. The summed E-state index contributed by atoms with van der Waals surface area (Å²) in [6.45, 7) is 6.64. The van der Waals surface area contributed by atoms with Gasteiger partial charge in [-0.15, -0.1) is 0 Å². The molecule has 0 saturated heterocycles. The summed E-state index contributed by atoms with van der Waals surface area (Å²) in [4.78, 5) is 16.3. The van der Waals surface area contributed by atoms with E-state index in [4.69, 9.17) is 0 Å². The molecule has 1 aliphatic carbocycles. The average Bonchev–Trinajstić information content (AvgIpc) is 2.29. The highest BCUT2D eigenvalue weighted by atomic mass is 16.1. The predicted octanol–water partition coefficient (Wildman–Crippen LogP) is 3.66. The summed E-state index contributed by atoms with van der Waals surface area (Å²) in [6, 6.07) is 4.11. The third-order valence-electron chi connectivity index (χ3n) is 4.24. The van der Waals surface area contributed by atoms with E-state index in [2.05, 4.69) is 37.9 Å². The lowest BCUT2D eigenvalue weighted by Crippen LogP contribution is -2.36. The number of Topliss-reactive ketones (excluding diaryl/α,β-unsaturated/α-hetero) is 1. The topological polar surface area (TPSA) is 30.0 Å². The normalized spacial score (nSPS) is 25.2. The molecule has 1 aliphatic rings. The lowest BCUT2D eigenvalue weighted by Gasteiger charge is -2.37.